The Balaban J connectivity index is 2.78. The molecule has 0 amide bonds. The maximum absolute atomic E-state index is 5.76. The molecule has 3 heteroatoms. The SMILES string of the molecule is Cc1c(CBr)ccc2cc(N)sc12. The molecule has 13 heavy (non-hydrogen) atoms. The zero-order valence-corrected chi connectivity index (χ0v) is 9.71. The van der Waals surface area contributed by atoms with E-state index in [1.165, 1.54) is 21.2 Å². The quantitative estimate of drug-likeness (QED) is 0.774. The van der Waals surface area contributed by atoms with Gasteiger partial charge < -0.3 is 5.73 Å². The minimum atomic E-state index is 0.893. The molecule has 0 unspecified atom stereocenters. The lowest BCUT2D eigenvalue weighted by atomic mass is 10.1. The van der Waals surface area contributed by atoms with Gasteiger partial charge in [-0.2, -0.15) is 0 Å². The van der Waals surface area contributed by atoms with Crippen molar-refractivity contribution in [2.24, 2.45) is 0 Å². The molecule has 0 atom stereocenters. The third-order valence-corrected chi connectivity index (χ3v) is 3.91. The lowest BCUT2D eigenvalue weighted by molar-refractivity contribution is 1.37. The average Bonchev–Trinajstić information content (AvgIpc) is 2.47. The van der Waals surface area contributed by atoms with Gasteiger partial charge in [-0.15, -0.1) is 11.3 Å². The van der Waals surface area contributed by atoms with E-state index in [4.69, 9.17) is 5.73 Å². The molecule has 2 aromatic rings. The molecule has 0 saturated carbocycles. The molecule has 0 fully saturated rings. The molecule has 0 saturated heterocycles. The Morgan fingerprint density at radius 2 is 2.23 bits per heavy atom. The Hall–Kier alpha value is -0.540. The maximum Gasteiger partial charge on any atom is 0.0868 e. The first-order valence-electron chi connectivity index (χ1n) is 4.06. The highest BCUT2D eigenvalue weighted by molar-refractivity contribution is 9.08. The molecule has 0 bridgehead atoms. The van der Waals surface area contributed by atoms with Crippen molar-refractivity contribution in [1.82, 2.24) is 0 Å². The van der Waals surface area contributed by atoms with E-state index in [-0.39, 0.29) is 0 Å². The summed E-state index contributed by atoms with van der Waals surface area (Å²) in [5.74, 6) is 0. The molecule has 0 spiro atoms. The van der Waals surface area contributed by atoms with Crippen molar-refractivity contribution in [2.45, 2.75) is 12.3 Å². The first-order chi connectivity index (χ1) is 6.22. The molecular weight excluding hydrogens is 246 g/mol. The van der Waals surface area contributed by atoms with Gasteiger partial charge in [0.2, 0.25) is 0 Å². The second-order valence-corrected chi connectivity index (χ2v) is 4.69. The Morgan fingerprint density at radius 3 is 2.92 bits per heavy atom. The summed E-state index contributed by atoms with van der Waals surface area (Å²) in [5.41, 5.74) is 8.44. The molecule has 1 aromatic carbocycles. The lowest BCUT2D eigenvalue weighted by Crippen LogP contribution is -1.82. The molecule has 0 aliphatic heterocycles. The van der Waals surface area contributed by atoms with Crippen LogP contribution in [0.5, 0.6) is 0 Å². The fraction of sp³-hybridized carbons (Fsp3) is 0.200. The van der Waals surface area contributed by atoms with E-state index in [1.54, 1.807) is 11.3 Å². The van der Waals surface area contributed by atoms with E-state index in [2.05, 4.69) is 35.0 Å². The van der Waals surface area contributed by atoms with Crippen molar-refractivity contribution in [3.63, 3.8) is 0 Å². The van der Waals surface area contributed by atoms with Crippen LogP contribution < -0.4 is 5.73 Å². The Kier molecular flexibility index (Phi) is 2.30. The summed E-state index contributed by atoms with van der Waals surface area (Å²) in [4.78, 5) is 0. The number of alkyl halides is 1. The Labute approximate surface area is 89.7 Å². The molecule has 2 N–H and O–H groups in total. The number of nitrogens with two attached hydrogens (primary N) is 1. The lowest BCUT2D eigenvalue weighted by Gasteiger charge is -2.01. The largest absolute Gasteiger partial charge is 0.391 e. The van der Waals surface area contributed by atoms with Gasteiger partial charge in [-0.05, 0) is 29.5 Å². The summed E-state index contributed by atoms with van der Waals surface area (Å²) in [5, 5.41) is 3.06. The van der Waals surface area contributed by atoms with Crippen molar-refractivity contribution >= 4 is 42.4 Å². The number of hydrogen-bond acceptors (Lipinski definition) is 2. The van der Waals surface area contributed by atoms with Gasteiger partial charge in [0, 0.05) is 10.0 Å². The van der Waals surface area contributed by atoms with Crippen LogP contribution in [-0.2, 0) is 5.33 Å². The monoisotopic (exact) mass is 255 g/mol. The van der Waals surface area contributed by atoms with Crippen molar-refractivity contribution in [1.29, 1.82) is 0 Å². The number of hydrogen-bond donors (Lipinski definition) is 1. The van der Waals surface area contributed by atoms with Gasteiger partial charge in [-0.1, -0.05) is 28.1 Å². The summed E-state index contributed by atoms with van der Waals surface area (Å²) in [6.45, 7) is 2.15. The van der Waals surface area contributed by atoms with Gasteiger partial charge in [-0.25, -0.2) is 0 Å². The van der Waals surface area contributed by atoms with Crippen LogP contribution in [0.2, 0.25) is 0 Å². The van der Waals surface area contributed by atoms with Crippen LogP contribution in [0.3, 0.4) is 0 Å². The number of anilines is 1. The van der Waals surface area contributed by atoms with Gasteiger partial charge in [0.05, 0.1) is 5.00 Å². The van der Waals surface area contributed by atoms with Crippen LogP contribution in [0.1, 0.15) is 11.1 Å². The first kappa shape index (κ1) is 9.03. The summed E-state index contributed by atoms with van der Waals surface area (Å²) >= 11 is 5.14. The minimum absolute atomic E-state index is 0.893. The number of aryl methyl sites for hydroxylation is 1. The average molecular weight is 256 g/mol. The maximum atomic E-state index is 5.76. The number of thiophene rings is 1. The molecular formula is C10H10BrNS. The number of nitrogen functional groups attached to an aromatic ring is 1. The van der Waals surface area contributed by atoms with Crippen LogP contribution in [-0.4, -0.2) is 0 Å². The normalized spacial score (nSPS) is 10.9. The van der Waals surface area contributed by atoms with Crippen molar-refractivity contribution in [3.8, 4) is 0 Å². The van der Waals surface area contributed by atoms with Crippen LogP contribution in [0, 0.1) is 6.92 Å². The standard InChI is InChI=1S/C10H10BrNS/c1-6-8(5-11)3-2-7-4-9(12)13-10(6)7/h2-4H,5,12H2,1H3. The van der Waals surface area contributed by atoms with E-state index in [0.29, 0.717) is 0 Å². The fourth-order valence-electron chi connectivity index (χ4n) is 1.45. The highest BCUT2D eigenvalue weighted by Crippen LogP contribution is 2.32. The van der Waals surface area contributed by atoms with Crippen LogP contribution in [0.4, 0.5) is 5.00 Å². The minimum Gasteiger partial charge on any atom is -0.391 e. The van der Waals surface area contributed by atoms with E-state index in [0.717, 1.165) is 10.3 Å². The van der Waals surface area contributed by atoms with Crippen LogP contribution in [0.25, 0.3) is 10.1 Å². The predicted octanol–water partition coefficient (Wildman–Crippen LogP) is 3.69. The topological polar surface area (TPSA) is 26.0 Å². The third kappa shape index (κ3) is 1.46. The van der Waals surface area contributed by atoms with Crippen molar-refractivity contribution in [2.75, 3.05) is 5.73 Å². The predicted molar refractivity (Wildman–Crippen MR) is 63.6 cm³/mol. The number of halogens is 1. The highest BCUT2D eigenvalue weighted by Gasteiger charge is 2.05. The summed E-state index contributed by atoms with van der Waals surface area (Å²) in [6.07, 6.45) is 0. The highest BCUT2D eigenvalue weighted by atomic mass is 79.9. The van der Waals surface area contributed by atoms with E-state index in [1.807, 2.05) is 6.07 Å². The molecule has 68 valence electrons. The summed E-state index contributed by atoms with van der Waals surface area (Å²) in [6, 6.07) is 6.31. The Morgan fingerprint density at radius 1 is 1.46 bits per heavy atom. The number of fused-ring (bicyclic) bond motifs is 1. The first-order valence-corrected chi connectivity index (χ1v) is 5.99. The fourth-order valence-corrected chi connectivity index (χ4v) is 3.01. The van der Waals surface area contributed by atoms with Gasteiger partial charge in [-0.3, -0.25) is 0 Å². The third-order valence-electron chi connectivity index (χ3n) is 2.21. The molecule has 0 aliphatic carbocycles. The van der Waals surface area contributed by atoms with E-state index in [9.17, 15) is 0 Å². The molecule has 1 aromatic heterocycles. The van der Waals surface area contributed by atoms with Gasteiger partial charge in [0.15, 0.2) is 0 Å². The second-order valence-electron chi connectivity index (χ2n) is 3.05. The van der Waals surface area contributed by atoms with Gasteiger partial charge in [0.1, 0.15) is 0 Å². The number of rotatable bonds is 1. The smallest absolute Gasteiger partial charge is 0.0868 e. The zero-order chi connectivity index (χ0) is 9.42. The molecule has 1 heterocycles. The molecule has 0 aliphatic rings. The molecule has 0 radical (unpaired) electrons. The number of benzene rings is 1. The zero-order valence-electron chi connectivity index (χ0n) is 7.30. The molecule has 2 rings (SSSR count). The van der Waals surface area contributed by atoms with Crippen LogP contribution in [0.15, 0.2) is 18.2 Å². The second kappa shape index (κ2) is 3.31. The van der Waals surface area contributed by atoms with Crippen LogP contribution >= 0.6 is 27.3 Å². The molecule has 1 nitrogen and oxygen atoms in total. The van der Waals surface area contributed by atoms with E-state index < -0.39 is 0 Å². The van der Waals surface area contributed by atoms with Crippen molar-refractivity contribution in [3.05, 3.63) is 29.3 Å². The summed E-state index contributed by atoms with van der Waals surface area (Å²) in [7, 11) is 0. The van der Waals surface area contributed by atoms with Gasteiger partial charge >= 0.3 is 0 Å². The Bertz CT molecular complexity index is 447. The summed E-state index contributed by atoms with van der Waals surface area (Å²) < 4.78 is 1.31. The van der Waals surface area contributed by atoms with Crippen molar-refractivity contribution < 1.29 is 0 Å². The van der Waals surface area contributed by atoms with E-state index >= 15 is 0 Å². The van der Waals surface area contributed by atoms with Gasteiger partial charge in [0.25, 0.3) is 0 Å².